The monoisotopic (exact) mass is 188 g/mol. The average Bonchev–Trinajstić information content (AvgIpc) is 2.18. The van der Waals surface area contributed by atoms with Crippen LogP contribution in [-0.2, 0) is 0 Å². The zero-order chi connectivity index (χ0) is 10.4. The maximum Gasteiger partial charge on any atom is 0.258 e. The summed E-state index contributed by atoms with van der Waals surface area (Å²) in [5.74, 6) is 0. The highest BCUT2D eigenvalue weighted by Gasteiger charge is 1.89. The SMILES string of the molecule is C=C/C=c1/nc[nH]c(=O)/c1=C/C=C\C. The minimum atomic E-state index is -0.147. The number of H-pyrrole nitrogens is 1. The van der Waals surface area contributed by atoms with Gasteiger partial charge in [-0.3, -0.25) is 4.79 Å². The van der Waals surface area contributed by atoms with E-state index >= 15 is 0 Å². The molecule has 1 N–H and O–H groups in total. The van der Waals surface area contributed by atoms with Gasteiger partial charge in [0.2, 0.25) is 0 Å². The van der Waals surface area contributed by atoms with Gasteiger partial charge in [-0.2, -0.15) is 0 Å². The lowest BCUT2D eigenvalue weighted by atomic mass is 10.3. The molecule has 0 aromatic carbocycles. The number of nitrogens with one attached hydrogen (secondary N) is 1. The molecule has 0 fully saturated rings. The Balaban J connectivity index is 3.62. The van der Waals surface area contributed by atoms with E-state index in [1.54, 1.807) is 24.3 Å². The molecule has 1 aromatic rings. The van der Waals surface area contributed by atoms with Gasteiger partial charge in [-0.05, 0) is 19.1 Å². The molecule has 0 radical (unpaired) electrons. The minimum absolute atomic E-state index is 0.147. The molecular weight excluding hydrogens is 176 g/mol. The number of rotatable bonds is 2. The van der Waals surface area contributed by atoms with Gasteiger partial charge < -0.3 is 4.98 Å². The number of nitrogens with zero attached hydrogens (tertiary/aromatic N) is 1. The van der Waals surface area contributed by atoms with E-state index in [4.69, 9.17) is 0 Å². The first-order chi connectivity index (χ1) is 6.79. The van der Waals surface area contributed by atoms with Crippen molar-refractivity contribution in [2.24, 2.45) is 0 Å². The van der Waals surface area contributed by atoms with Gasteiger partial charge in [-0.1, -0.05) is 24.8 Å². The first kappa shape index (κ1) is 10.2. The fourth-order valence-electron chi connectivity index (χ4n) is 1.02. The van der Waals surface area contributed by atoms with E-state index in [1.165, 1.54) is 6.33 Å². The van der Waals surface area contributed by atoms with Crippen LogP contribution in [0.15, 0.2) is 35.9 Å². The van der Waals surface area contributed by atoms with Crippen LogP contribution in [0.5, 0.6) is 0 Å². The molecule has 1 heterocycles. The number of hydrogen-bond acceptors (Lipinski definition) is 2. The topological polar surface area (TPSA) is 45.8 Å². The van der Waals surface area contributed by atoms with Gasteiger partial charge in [-0.15, -0.1) is 0 Å². The second-order valence-corrected chi connectivity index (χ2v) is 2.63. The summed E-state index contributed by atoms with van der Waals surface area (Å²) in [4.78, 5) is 18.0. The maximum absolute atomic E-state index is 11.4. The van der Waals surface area contributed by atoms with Crippen LogP contribution < -0.4 is 16.1 Å². The second kappa shape index (κ2) is 4.97. The van der Waals surface area contributed by atoms with Crippen molar-refractivity contribution in [3.05, 3.63) is 52.1 Å². The average molecular weight is 188 g/mol. The van der Waals surface area contributed by atoms with Gasteiger partial charge in [0.05, 0.1) is 16.9 Å². The van der Waals surface area contributed by atoms with Crippen LogP contribution >= 0.6 is 0 Å². The van der Waals surface area contributed by atoms with Crippen LogP contribution in [0, 0.1) is 0 Å². The molecule has 0 saturated carbocycles. The van der Waals surface area contributed by atoms with E-state index in [0.29, 0.717) is 10.6 Å². The number of aromatic nitrogens is 2. The molecule has 14 heavy (non-hydrogen) atoms. The van der Waals surface area contributed by atoms with Crippen molar-refractivity contribution in [3.8, 4) is 0 Å². The summed E-state index contributed by atoms with van der Waals surface area (Å²) < 4.78 is 0. The molecule has 0 unspecified atom stereocenters. The Morgan fingerprint density at radius 3 is 2.93 bits per heavy atom. The molecule has 0 amide bonds. The Morgan fingerprint density at radius 2 is 2.29 bits per heavy atom. The van der Waals surface area contributed by atoms with Gasteiger partial charge in [0, 0.05) is 0 Å². The Kier molecular flexibility index (Phi) is 3.61. The van der Waals surface area contributed by atoms with E-state index in [-0.39, 0.29) is 5.56 Å². The molecule has 3 nitrogen and oxygen atoms in total. The maximum atomic E-state index is 11.4. The van der Waals surface area contributed by atoms with Gasteiger partial charge in [0.25, 0.3) is 5.56 Å². The lowest BCUT2D eigenvalue weighted by Gasteiger charge is -1.86. The Labute approximate surface area is 81.8 Å². The highest BCUT2D eigenvalue weighted by molar-refractivity contribution is 5.39. The van der Waals surface area contributed by atoms with Crippen molar-refractivity contribution in [1.82, 2.24) is 9.97 Å². The van der Waals surface area contributed by atoms with Gasteiger partial charge in [0.1, 0.15) is 0 Å². The highest BCUT2D eigenvalue weighted by Crippen LogP contribution is 1.68. The summed E-state index contributed by atoms with van der Waals surface area (Å²) in [7, 11) is 0. The molecule has 0 atom stereocenters. The van der Waals surface area contributed by atoms with Crippen LogP contribution in [0.3, 0.4) is 0 Å². The Hall–Kier alpha value is -1.90. The fraction of sp³-hybridized carbons (Fsp3) is 0.0909. The van der Waals surface area contributed by atoms with Crippen molar-refractivity contribution >= 4 is 12.2 Å². The quantitative estimate of drug-likeness (QED) is 0.715. The van der Waals surface area contributed by atoms with E-state index in [0.717, 1.165) is 0 Å². The smallest absolute Gasteiger partial charge is 0.258 e. The predicted molar refractivity (Wildman–Crippen MR) is 58.0 cm³/mol. The second-order valence-electron chi connectivity index (χ2n) is 2.63. The van der Waals surface area contributed by atoms with Crippen LogP contribution in [0.1, 0.15) is 6.92 Å². The molecule has 0 saturated heterocycles. The molecule has 0 bridgehead atoms. The van der Waals surface area contributed by atoms with Crippen molar-refractivity contribution in [2.45, 2.75) is 6.92 Å². The highest BCUT2D eigenvalue weighted by atomic mass is 16.1. The van der Waals surface area contributed by atoms with Crippen molar-refractivity contribution in [3.63, 3.8) is 0 Å². The van der Waals surface area contributed by atoms with Crippen LogP contribution in [0.4, 0.5) is 0 Å². The van der Waals surface area contributed by atoms with Crippen molar-refractivity contribution < 1.29 is 0 Å². The third kappa shape index (κ3) is 2.29. The van der Waals surface area contributed by atoms with Crippen LogP contribution in [-0.4, -0.2) is 9.97 Å². The molecule has 1 rings (SSSR count). The van der Waals surface area contributed by atoms with E-state index in [9.17, 15) is 4.79 Å². The summed E-state index contributed by atoms with van der Waals surface area (Å²) in [6, 6.07) is 0. The normalized spacial score (nSPS) is 13.8. The molecule has 72 valence electrons. The van der Waals surface area contributed by atoms with E-state index in [2.05, 4.69) is 16.5 Å². The predicted octanol–water partition coefficient (Wildman–Crippen LogP) is 0.0930. The molecule has 1 aromatic heterocycles. The van der Waals surface area contributed by atoms with E-state index in [1.807, 2.05) is 13.0 Å². The first-order valence-electron chi connectivity index (χ1n) is 4.29. The summed E-state index contributed by atoms with van der Waals surface area (Å²) in [5, 5.41) is 1.17. The van der Waals surface area contributed by atoms with Crippen LogP contribution in [0.2, 0.25) is 0 Å². The minimum Gasteiger partial charge on any atom is -0.313 e. The summed E-state index contributed by atoms with van der Waals surface area (Å²) in [6.07, 6.45) is 10.1. The largest absolute Gasteiger partial charge is 0.313 e. The lowest BCUT2D eigenvalue weighted by molar-refractivity contribution is 1.05. The van der Waals surface area contributed by atoms with Crippen molar-refractivity contribution in [1.29, 1.82) is 0 Å². The molecule has 0 aliphatic carbocycles. The number of allylic oxidation sites excluding steroid dienone is 3. The van der Waals surface area contributed by atoms with E-state index < -0.39 is 0 Å². The third-order valence-corrected chi connectivity index (χ3v) is 1.65. The standard InChI is InChI=1S/C11H12N2O/c1-3-5-7-9-10(6-4-2)12-8-13-11(9)14/h3-8H,2H2,1H3,(H,12,13,14)/b5-3-,9-7+,10-6+. The van der Waals surface area contributed by atoms with Gasteiger partial charge >= 0.3 is 0 Å². The van der Waals surface area contributed by atoms with Gasteiger partial charge in [0.15, 0.2) is 0 Å². The zero-order valence-electron chi connectivity index (χ0n) is 8.03. The molecule has 0 aliphatic rings. The molecular formula is C11H12N2O. The number of hydrogen-bond donors (Lipinski definition) is 1. The summed E-state index contributed by atoms with van der Waals surface area (Å²) >= 11 is 0. The van der Waals surface area contributed by atoms with Gasteiger partial charge in [-0.25, -0.2) is 4.98 Å². The molecule has 0 aliphatic heterocycles. The van der Waals surface area contributed by atoms with Crippen LogP contribution in [0.25, 0.3) is 12.2 Å². The zero-order valence-corrected chi connectivity index (χ0v) is 8.03. The Morgan fingerprint density at radius 1 is 1.50 bits per heavy atom. The third-order valence-electron chi connectivity index (χ3n) is 1.65. The van der Waals surface area contributed by atoms with Crippen molar-refractivity contribution in [2.75, 3.05) is 0 Å². The Bertz CT molecular complexity index is 509. The molecule has 3 heteroatoms. The first-order valence-corrected chi connectivity index (χ1v) is 4.29. The number of aromatic amines is 1. The fourth-order valence-corrected chi connectivity index (χ4v) is 1.02. The summed E-state index contributed by atoms with van der Waals surface area (Å²) in [6.45, 7) is 5.45. The lowest BCUT2D eigenvalue weighted by Crippen LogP contribution is -2.42. The molecule has 0 spiro atoms. The summed E-state index contributed by atoms with van der Waals surface area (Å²) in [5.41, 5.74) is -0.147.